The van der Waals surface area contributed by atoms with E-state index in [-0.39, 0.29) is 24.5 Å². The zero-order valence-corrected chi connectivity index (χ0v) is 12.2. The summed E-state index contributed by atoms with van der Waals surface area (Å²) < 4.78 is 0. The van der Waals surface area contributed by atoms with Crippen molar-refractivity contribution in [1.29, 1.82) is 0 Å². The van der Waals surface area contributed by atoms with E-state index in [0.717, 1.165) is 23.7 Å². The topological polar surface area (TPSA) is 53.4 Å². The number of rotatable bonds is 2. The predicted octanol–water partition coefficient (Wildman–Crippen LogP) is 2.47. The molecule has 0 spiro atoms. The first-order valence-corrected chi connectivity index (χ1v) is 7.45. The van der Waals surface area contributed by atoms with Crippen LogP contribution < -0.4 is 0 Å². The van der Waals surface area contributed by atoms with Crippen LogP contribution in [-0.4, -0.2) is 40.1 Å². The van der Waals surface area contributed by atoms with E-state index in [2.05, 4.69) is 11.9 Å². The maximum absolute atomic E-state index is 12.7. The molecule has 2 unspecified atom stereocenters. The molecule has 1 amide bonds. The van der Waals surface area contributed by atoms with Gasteiger partial charge >= 0.3 is 0 Å². The zero-order valence-electron chi connectivity index (χ0n) is 12.2. The number of piperidine rings is 1. The van der Waals surface area contributed by atoms with Gasteiger partial charge in [0.2, 0.25) is 0 Å². The molecule has 4 heteroatoms. The average molecular weight is 284 g/mol. The van der Waals surface area contributed by atoms with E-state index in [1.165, 1.54) is 0 Å². The van der Waals surface area contributed by atoms with Gasteiger partial charge in [0.1, 0.15) is 0 Å². The van der Waals surface area contributed by atoms with Crippen LogP contribution in [0.2, 0.25) is 0 Å². The minimum Gasteiger partial charge on any atom is -0.396 e. The first-order valence-electron chi connectivity index (χ1n) is 7.45. The second-order valence-electron chi connectivity index (χ2n) is 5.84. The van der Waals surface area contributed by atoms with Crippen LogP contribution in [0, 0.1) is 5.92 Å². The third kappa shape index (κ3) is 2.76. The highest BCUT2D eigenvalue weighted by Gasteiger charge is 2.29. The van der Waals surface area contributed by atoms with Gasteiger partial charge in [-0.25, -0.2) is 0 Å². The molecule has 0 saturated carbocycles. The van der Waals surface area contributed by atoms with Crippen LogP contribution in [0.5, 0.6) is 0 Å². The van der Waals surface area contributed by atoms with E-state index in [0.29, 0.717) is 12.1 Å². The second-order valence-corrected chi connectivity index (χ2v) is 5.84. The Balaban J connectivity index is 1.88. The summed E-state index contributed by atoms with van der Waals surface area (Å²) in [6.07, 6.45) is 3.69. The molecular formula is C17H20N2O2. The van der Waals surface area contributed by atoms with Gasteiger partial charge in [-0.05, 0) is 49.9 Å². The second kappa shape index (κ2) is 5.82. The highest BCUT2D eigenvalue weighted by Crippen LogP contribution is 2.24. The molecule has 2 atom stereocenters. The Labute approximate surface area is 124 Å². The maximum Gasteiger partial charge on any atom is 0.254 e. The molecule has 4 nitrogen and oxygen atoms in total. The molecule has 0 aliphatic carbocycles. The van der Waals surface area contributed by atoms with Crippen molar-refractivity contribution in [3.8, 4) is 0 Å². The number of nitrogens with zero attached hydrogens (tertiary/aromatic N) is 2. The van der Waals surface area contributed by atoms with E-state index < -0.39 is 0 Å². The Hall–Kier alpha value is -1.94. The molecule has 2 aromatic rings. The number of hydrogen-bond donors (Lipinski definition) is 1. The standard InChI is InChI=1S/C17H20N2O2/c1-12-4-5-13(11-20)10-19(12)17(21)15-6-7-16-14(9-15)3-2-8-18-16/h2-3,6-9,12-13,20H,4-5,10-11H2,1H3. The Kier molecular flexibility index (Phi) is 3.88. The summed E-state index contributed by atoms with van der Waals surface area (Å²) in [4.78, 5) is 18.9. The summed E-state index contributed by atoms with van der Waals surface area (Å²) in [6, 6.07) is 9.70. The normalized spacial score (nSPS) is 22.5. The van der Waals surface area contributed by atoms with Gasteiger partial charge in [0, 0.05) is 36.3 Å². The Morgan fingerprint density at radius 3 is 3.05 bits per heavy atom. The quantitative estimate of drug-likeness (QED) is 0.921. The van der Waals surface area contributed by atoms with Gasteiger partial charge in [-0.1, -0.05) is 6.07 Å². The van der Waals surface area contributed by atoms with Gasteiger partial charge < -0.3 is 10.0 Å². The summed E-state index contributed by atoms with van der Waals surface area (Å²) in [7, 11) is 0. The molecular weight excluding hydrogens is 264 g/mol. The molecule has 21 heavy (non-hydrogen) atoms. The summed E-state index contributed by atoms with van der Waals surface area (Å²) in [5.41, 5.74) is 1.59. The number of carbonyl (C=O) groups excluding carboxylic acids is 1. The Morgan fingerprint density at radius 1 is 1.38 bits per heavy atom. The molecule has 2 heterocycles. The van der Waals surface area contributed by atoms with Crippen molar-refractivity contribution < 1.29 is 9.90 Å². The van der Waals surface area contributed by atoms with E-state index >= 15 is 0 Å². The highest BCUT2D eigenvalue weighted by atomic mass is 16.3. The van der Waals surface area contributed by atoms with Crippen molar-refractivity contribution in [1.82, 2.24) is 9.88 Å². The number of hydrogen-bond acceptors (Lipinski definition) is 3. The van der Waals surface area contributed by atoms with Gasteiger partial charge in [-0.2, -0.15) is 0 Å². The van der Waals surface area contributed by atoms with Crippen molar-refractivity contribution >= 4 is 16.8 Å². The van der Waals surface area contributed by atoms with Gasteiger partial charge in [0.25, 0.3) is 5.91 Å². The molecule has 1 aliphatic heterocycles. The molecule has 1 aliphatic rings. The van der Waals surface area contributed by atoms with Crippen LogP contribution in [-0.2, 0) is 0 Å². The van der Waals surface area contributed by atoms with Crippen LogP contribution in [0.1, 0.15) is 30.1 Å². The SMILES string of the molecule is CC1CCC(CO)CN1C(=O)c1ccc2ncccc2c1. The lowest BCUT2D eigenvalue weighted by atomic mass is 9.93. The van der Waals surface area contributed by atoms with Crippen LogP contribution >= 0.6 is 0 Å². The number of pyridine rings is 1. The van der Waals surface area contributed by atoms with Crippen LogP contribution in [0.3, 0.4) is 0 Å². The monoisotopic (exact) mass is 284 g/mol. The number of fused-ring (bicyclic) bond motifs is 1. The van der Waals surface area contributed by atoms with Gasteiger partial charge in [0.05, 0.1) is 5.52 Å². The lowest BCUT2D eigenvalue weighted by Gasteiger charge is -2.37. The van der Waals surface area contributed by atoms with E-state index in [1.807, 2.05) is 35.2 Å². The first kappa shape index (κ1) is 14.0. The molecule has 1 saturated heterocycles. The lowest BCUT2D eigenvalue weighted by molar-refractivity contribution is 0.0489. The third-order valence-corrected chi connectivity index (χ3v) is 4.35. The van der Waals surface area contributed by atoms with Crippen LogP contribution in [0.15, 0.2) is 36.5 Å². The Bertz CT molecular complexity index is 656. The van der Waals surface area contributed by atoms with Gasteiger partial charge in [0.15, 0.2) is 0 Å². The van der Waals surface area contributed by atoms with Crippen molar-refractivity contribution in [2.24, 2.45) is 5.92 Å². The minimum atomic E-state index is 0.0476. The fourth-order valence-electron chi connectivity index (χ4n) is 2.99. The summed E-state index contributed by atoms with van der Waals surface area (Å²) in [5, 5.41) is 10.3. The van der Waals surface area contributed by atoms with Gasteiger partial charge in [-0.15, -0.1) is 0 Å². The molecule has 0 bridgehead atoms. The molecule has 0 radical (unpaired) electrons. The van der Waals surface area contributed by atoms with Crippen LogP contribution in [0.25, 0.3) is 10.9 Å². The fourth-order valence-corrected chi connectivity index (χ4v) is 2.99. The zero-order chi connectivity index (χ0) is 14.8. The van der Waals surface area contributed by atoms with Gasteiger partial charge in [-0.3, -0.25) is 9.78 Å². The third-order valence-electron chi connectivity index (χ3n) is 4.35. The number of aromatic nitrogens is 1. The van der Waals surface area contributed by atoms with Crippen molar-refractivity contribution in [2.75, 3.05) is 13.2 Å². The number of amides is 1. The average Bonchev–Trinajstić information content (AvgIpc) is 2.54. The molecule has 1 N–H and O–H groups in total. The Morgan fingerprint density at radius 2 is 2.24 bits per heavy atom. The van der Waals surface area contributed by atoms with Crippen molar-refractivity contribution in [2.45, 2.75) is 25.8 Å². The first-order chi connectivity index (χ1) is 10.2. The summed E-state index contributed by atoms with van der Waals surface area (Å²) in [5.74, 6) is 0.249. The summed E-state index contributed by atoms with van der Waals surface area (Å²) >= 11 is 0. The number of aliphatic hydroxyl groups is 1. The smallest absolute Gasteiger partial charge is 0.254 e. The number of carbonyl (C=O) groups is 1. The highest BCUT2D eigenvalue weighted by molar-refractivity contribution is 5.98. The van der Waals surface area contributed by atoms with Crippen molar-refractivity contribution in [3.05, 3.63) is 42.1 Å². The molecule has 1 aromatic heterocycles. The number of likely N-dealkylation sites (tertiary alicyclic amines) is 1. The largest absolute Gasteiger partial charge is 0.396 e. The minimum absolute atomic E-state index is 0.0476. The van der Waals surface area contributed by atoms with E-state index in [1.54, 1.807) is 6.20 Å². The molecule has 1 aromatic carbocycles. The molecule has 110 valence electrons. The number of aliphatic hydroxyl groups excluding tert-OH is 1. The fraction of sp³-hybridized carbons (Fsp3) is 0.412. The van der Waals surface area contributed by atoms with E-state index in [4.69, 9.17) is 0 Å². The molecule has 3 rings (SSSR count). The van der Waals surface area contributed by atoms with E-state index in [9.17, 15) is 9.90 Å². The van der Waals surface area contributed by atoms with Crippen LogP contribution in [0.4, 0.5) is 0 Å². The number of benzene rings is 1. The maximum atomic E-state index is 12.7. The molecule has 1 fully saturated rings. The van der Waals surface area contributed by atoms with Crippen molar-refractivity contribution in [3.63, 3.8) is 0 Å². The lowest BCUT2D eigenvalue weighted by Crippen LogP contribution is -2.46. The predicted molar refractivity (Wildman–Crippen MR) is 82.1 cm³/mol. The summed E-state index contributed by atoms with van der Waals surface area (Å²) in [6.45, 7) is 2.87.